The topological polar surface area (TPSA) is 101 Å². The molecule has 2 aromatic heterocycles. The molecule has 0 saturated carbocycles. The predicted octanol–water partition coefficient (Wildman–Crippen LogP) is 4.48. The standard InChI is InChI=1S/C24H29FN4O3S/c1-4-5-13-29-21(26)20(22(30)27-24(29)32)28(14-12-15(2)3)23(31)19-11-10-18(33-19)16-6-8-17(25)9-7-16/h6-11,15H,4-5,12-14,26H2,1-3H3,(H,27,30,32). The van der Waals surface area contributed by atoms with Crippen molar-refractivity contribution < 1.29 is 9.18 Å². The van der Waals surface area contributed by atoms with Crippen LogP contribution in [-0.2, 0) is 6.54 Å². The van der Waals surface area contributed by atoms with Crippen molar-refractivity contribution in [2.45, 2.75) is 46.6 Å². The molecule has 0 aliphatic carbocycles. The van der Waals surface area contributed by atoms with Crippen LogP contribution in [0.1, 0.15) is 49.7 Å². The van der Waals surface area contributed by atoms with Crippen molar-refractivity contribution in [3.8, 4) is 10.4 Å². The van der Waals surface area contributed by atoms with Gasteiger partial charge in [-0.05, 0) is 48.6 Å². The van der Waals surface area contributed by atoms with Crippen LogP contribution in [-0.4, -0.2) is 22.0 Å². The minimum absolute atomic E-state index is 0.00640. The molecule has 0 bridgehead atoms. The summed E-state index contributed by atoms with van der Waals surface area (Å²) in [6, 6.07) is 9.51. The highest BCUT2D eigenvalue weighted by molar-refractivity contribution is 7.17. The molecule has 1 amide bonds. The van der Waals surface area contributed by atoms with Crippen LogP contribution in [0.15, 0.2) is 46.0 Å². The van der Waals surface area contributed by atoms with Gasteiger partial charge in [0, 0.05) is 18.0 Å². The summed E-state index contributed by atoms with van der Waals surface area (Å²) in [5.41, 5.74) is 5.80. The number of H-pyrrole nitrogens is 1. The smallest absolute Gasteiger partial charge is 0.330 e. The highest BCUT2D eigenvalue weighted by Gasteiger charge is 2.26. The summed E-state index contributed by atoms with van der Waals surface area (Å²) in [6.45, 7) is 6.67. The number of nitrogens with zero attached hydrogens (tertiary/aromatic N) is 2. The van der Waals surface area contributed by atoms with E-state index in [0.717, 1.165) is 16.9 Å². The second kappa shape index (κ2) is 10.6. The van der Waals surface area contributed by atoms with E-state index in [0.29, 0.717) is 24.3 Å². The number of thiophene rings is 1. The molecule has 0 radical (unpaired) electrons. The number of nitrogen functional groups attached to an aromatic ring is 1. The maximum atomic E-state index is 13.6. The van der Waals surface area contributed by atoms with Gasteiger partial charge in [-0.1, -0.05) is 39.3 Å². The lowest BCUT2D eigenvalue weighted by Gasteiger charge is -2.25. The fraction of sp³-hybridized carbons (Fsp3) is 0.375. The molecule has 1 aromatic carbocycles. The van der Waals surface area contributed by atoms with Gasteiger partial charge in [0.25, 0.3) is 11.5 Å². The number of unbranched alkanes of at least 4 members (excludes halogenated alkanes) is 1. The zero-order valence-corrected chi connectivity index (χ0v) is 19.9. The largest absolute Gasteiger partial charge is 0.383 e. The SMILES string of the molecule is CCCCn1c(N)c(N(CCC(C)C)C(=O)c2ccc(-c3ccc(F)cc3)s2)c(=O)[nH]c1=O. The number of hydrogen-bond donors (Lipinski definition) is 2. The van der Waals surface area contributed by atoms with Gasteiger partial charge in [0.15, 0.2) is 5.69 Å². The number of anilines is 2. The quantitative estimate of drug-likeness (QED) is 0.479. The lowest BCUT2D eigenvalue weighted by Crippen LogP contribution is -2.41. The molecule has 0 aliphatic rings. The Morgan fingerprint density at radius 1 is 1.18 bits per heavy atom. The molecule has 0 fully saturated rings. The van der Waals surface area contributed by atoms with Crippen molar-refractivity contribution in [3.05, 3.63) is 67.9 Å². The number of rotatable bonds is 9. The van der Waals surface area contributed by atoms with Crippen molar-refractivity contribution in [1.82, 2.24) is 9.55 Å². The molecule has 2 heterocycles. The minimum Gasteiger partial charge on any atom is -0.383 e. The minimum atomic E-state index is -0.683. The first-order chi connectivity index (χ1) is 15.7. The summed E-state index contributed by atoms with van der Waals surface area (Å²) in [7, 11) is 0. The van der Waals surface area contributed by atoms with Crippen LogP contribution in [0.25, 0.3) is 10.4 Å². The van der Waals surface area contributed by atoms with Gasteiger partial charge in [-0.25, -0.2) is 9.18 Å². The molecule has 33 heavy (non-hydrogen) atoms. The van der Waals surface area contributed by atoms with E-state index in [1.807, 2.05) is 20.8 Å². The number of aromatic nitrogens is 2. The molecule has 0 aliphatic heterocycles. The summed E-state index contributed by atoms with van der Waals surface area (Å²) in [6.07, 6.45) is 2.20. The lowest BCUT2D eigenvalue weighted by atomic mass is 10.1. The molecule has 3 rings (SSSR count). The Morgan fingerprint density at radius 3 is 2.52 bits per heavy atom. The van der Waals surface area contributed by atoms with Crippen molar-refractivity contribution in [1.29, 1.82) is 0 Å². The van der Waals surface area contributed by atoms with Crippen molar-refractivity contribution in [2.24, 2.45) is 5.92 Å². The number of aromatic amines is 1. The first kappa shape index (κ1) is 24.4. The molecule has 0 unspecified atom stereocenters. The summed E-state index contributed by atoms with van der Waals surface area (Å²) in [4.78, 5) is 43.6. The average molecular weight is 473 g/mol. The molecular formula is C24H29FN4O3S. The Labute approximate surface area is 195 Å². The number of nitrogens with one attached hydrogen (secondary N) is 1. The fourth-order valence-electron chi connectivity index (χ4n) is 3.43. The van der Waals surface area contributed by atoms with Crippen LogP contribution in [0.2, 0.25) is 0 Å². The number of carbonyl (C=O) groups is 1. The Bertz CT molecular complexity index is 1230. The molecule has 0 saturated heterocycles. The van der Waals surface area contributed by atoms with E-state index in [9.17, 15) is 18.8 Å². The number of amides is 1. The number of nitrogens with two attached hydrogens (primary N) is 1. The van der Waals surface area contributed by atoms with Gasteiger partial charge in [0.1, 0.15) is 11.6 Å². The van der Waals surface area contributed by atoms with E-state index in [2.05, 4.69) is 4.98 Å². The molecule has 0 spiro atoms. The molecule has 9 heteroatoms. The van der Waals surface area contributed by atoms with E-state index in [4.69, 9.17) is 5.73 Å². The summed E-state index contributed by atoms with van der Waals surface area (Å²) in [5.74, 6) is -0.430. The molecule has 3 N–H and O–H groups in total. The van der Waals surface area contributed by atoms with Crippen LogP contribution in [0.3, 0.4) is 0 Å². The molecular weight excluding hydrogens is 443 g/mol. The normalized spacial score (nSPS) is 11.2. The van der Waals surface area contributed by atoms with E-state index in [1.54, 1.807) is 24.3 Å². The first-order valence-corrected chi connectivity index (χ1v) is 11.8. The molecule has 7 nitrogen and oxygen atoms in total. The summed E-state index contributed by atoms with van der Waals surface area (Å²) < 4.78 is 14.6. The van der Waals surface area contributed by atoms with Gasteiger partial charge >= 0.3 is 5.69 Å². The second-order valence-corrected chi connectivity index (χ2v) is 9.39. The lowest BCUT2D eigenvalue weighted by molar-refractivity contribution is 0.0989. The van der Waals surface area contributed by atoms with E-state index >= 15 is 0 Å². The van der Waals surface area contributed by atoms with Gasteiger partial charge in [-0.3, -0.25) is 24.0 Å². The van der Waals surface area contributed by atoms with Gasteiger partial charge in [0.05, 0.1) is 4.88 Å². The van der Waals surface area contributed by atoms with E-state index in [1.165, 1.54) is 32.9 Å². The fourth-order valence-corrected chi connectivity index (χ4v) is 4.39. The Hall–Kier alpha value is -3.20. The number of hydrogen-bond acceptors (Lipinski definition) is 5. The van der Waals surface area contributed by atoms with E-state index in [-0.39, 0.29) is 35.7 Å². The number of halogens is 1. The van der Waals surface area contributed by atoms with Gasteiger partial charge in [-0.2, -0.15) is 0 Å². The van der Waals surface area contributed by atoms with Crippen LogP contribution >= 0.6 is 11.3 Å². The Balaban J connectivity index is 2.03. The van der Waals surface area contributed by atoms with Gasteiger partial charge in [0.2, 0.25) is 0 Å². The van der Waals surface area contributed by atoms with Gasteiger partial charge in [-0.15, -0.1) is 11.3 Å². The number of carbonyl (C=O) groups excluding carboxylic acids is 1. The predicted molar refractivity (Wildman–Crippen MR) is 131 cm³/mol. The maximum Gasteiger partial charge on any atom is 0.330 e. The second-order valence-electron chi connectivity index (χ2n) is 8.31. The van der Waals surface area contributed by atoms with Crippen LogP contribution in [0, 0.1) is 11.7 Å². The first-order valence-electron chi connectivity index (χ1n) is 11.0. The maximum absolute atomic E-state index is 13.6. The average Bonchev–Trinajstić information content (AvgIpc) is 3.26. The Kier molecular flexibility index (Phi) is 7.86. The van der Waals surface area contributed by atoms with Crippen LogP contribution < -0.4 is 21.9 Å². The third-order valence-electron chi connectivity index (χ3n) is 5.34. The summed E-state index contributed by atoms with van der Waals surface area (Å²) in [5, 5.41) is 0. The molecule has 0 atom stereocenters. The van der Waals surface area contributed by atoms with Crippen LogP contribution in [0.5, 0.6) is 0 Å². The van der Waals surface area contributed by atoms with Crippen LogP contribution in [0.4, 0.5) is 15.9 Å². The number of benzene rings is 1. The highest BCUT2D eigenvalue weighted by Crippen LogP contribution is 2.30. The molecule has 3 aromatic rings. The van der Waals surface area contributed by atoms with Crippen molar-refractivity contribution in [3.63, 3.8) is 0 Å². The highest BCUT2D eigenvalue weighted by atomic mass is 32.1. The van der Waals surface area contributed by atoms with Crippen molar-refractivity contribution in [2.75, 3.05) is 17.2 Å². The third kappa shape index (κ3) is 5.60. The third-order valence-corrected chi connectivity index (χ3v) is 6.46. The summed E-state index contributed by atoms with van der Waals surface area (Å²) >= 11 is 1.25. The monoisotopic (exact) mass is 472 g/mol. The van der Waals surface area contributed by atoms with Crippen molar-refractivity contribution >= 4 is 28.7 Å². The Morgan fingerprint density at radius 2 is 1.88 bits per heavy atom. The zero-order valence-electron chi connectivity index (χ0n) is 19.1. The van der Waals surface area contributed by atoms with Gasteiger partial charge < -0.3 is 5.73 Å². The van der Waals surface area contributed by atoms with E-state index < -0.39 is 11.2 Å². The zero-order chi connectivity index (χ0) is 24.1. The molecule has 176 valence electrons.